The summed E-state index contributed by atoms with van der Waals surface area (Å²) >= 11 is 0. The third kappa shape index (κ3) is 2.10. The number of hydrogen-bond donors (Lipinski definition) is 2. The van der Waals surface area contributed by atoms with Gasteiger partial charge in [-0.05, 0) is 25.4 Å². The van der Waals surface area contributed by atoms with Crippen LogP contribution in [0.2, 0.25) is 0 Å². The van der Waals surface area contributed by atoms with Crippen LogP contribution >= 0.6 is 0 Å². The van der Waals surface area contributed by atoms with Crippen molar-refractivity contribution >= 4 is 0 Å². The molecule has 3 N–H and O–H groups in total. The lowest BCUT2D eigenvalue weighted by Crippen LogP contribution is -2.46. The number of hydrogen-bond acceptors (Lipinski definition) is 2. The minimum atomic E-state index is -4.10. The normalized spacial score (nSPS) is 32.0. The van der Waals surface area contributed by atoms with Crippen molar-refractivity contribution < 1.29 is 13.2 Å². The van der Waals surface area contributed by atoms with Crippen LogP contribution in [0.5, 0.6) is 0 Å². The van der Waals surface area contributed by atoms with E-state index in [4.69, 9.17) is 5.73 Å². The van der Waals surface area contributed by atoms with Crippen LogP contribution < -0.4 is 11.1 Å². The smallest absolute Gasteiger partial charge is 0.330 e. The van der Waals surface area contributed by atoms with Crippen molar-refractivity contribution in [3.05, 3.63) is 0 Å². The van der Waals surface area contributed by atoms with Gasteiger partial charge < -0.3 is 11.1 Å². The lowest BCUT2D eigenvalue weighted by molar-refractivity contribution is -0.190. The van der Waals surface area contributed by atoms with Crippen LogP contribution in [0.1, 0.15) is 6.42 Å². The summed E-state index contributed by atoms with van der Waals surface area (Å²) in [6.07, 6.45) is -3.57. The number of nitrogens with two attached hydrogens (primary N) is 1. The Morgan fingerprint density at radius 2 is 2.08 bits per heavy atom. The maximum absolute atomic E-state index is 12.3. The highest BCUT2D eigenvalue weighted by Gasteiger charge is 2.44. The maximum atomic E-state index is 12.3. The van der Waals surface area contributed by atoms with Crippen molar-refractivity contribution in [1.82, 2.24) is 5.32 Å². The van der Waals surface area contributed by atoms with E-state index in [0.717, 1.165) is 0 Å². The summed E-state index contributed by atoms with van der Waals surface area (Å²) in [5, 5.41) is 2.73. The predicted octanol–water partition coefficient (Wildman–Crippen LogP) is 0.733. The van der Waals surface area contributed by atoms with Crippen LogP contribution in [0.25, 0.3) is 0 Å². The monoisotopic (exact) mass is 182 g/mol. The molecule has 1 aliphatic rings. The number of rotatable bonds is 1. The molecule has 0 aromatic heterocycles. The molecule has 0 spiro atoms. The Balaban J connectivity index is 2.59. The molecule has 0 aromatic carbocycles. The predicted molar refractivity (Wildman–Crippen MR) is 39.6 cm³/mol. The van der Waals surface area contributed by atoms with Crippen LogP contribution in [0.4, 0.5) is 13.2 Å². The highest BCUT2D eigenvalue weighted by atomic mass is 19.4. The first kappa shape index (κ1) is 9.80. The molecule has 5 heteroatoms. The molecule has 0 aliphatic carbocycles. The van der Waals surface area contributed by atoms with E-state index in [9.17, 15) is 13.2 Å². The molecule has 1 heterocycles. The molecule has 12 heavy (non-hydrogen) atoms. The summed E-state index contributed by atoms with van der Waals surface area (Å²) in [7, 11) is 0. The van der Waals surface area contributed by atoms with Gasteiger partial charge in [-0.3, -0.25) is 0 Å². The van der Waals surface area contributed by atoms with Gasteiger partial charge in [-0.15, -0.1) is 0 Å². The highest BCUT2D eigenvalue weighted by molar-refractivity contribution is 4.83. The Morgan fingerprint density at radius 3 is 2.50 bits per heavy atom. The van der Waals surface area contributed by atoms with Crippen LogP contribution in [-0.4, -0.2) is 25.8 Å². The van der Waals surface area contributed by atoms with Crippen molar-refractivity contribution in [1.29, 1.82) is 0 Å². The fourth-order valence-electron chi connectivity index (χ4n) is 1.58. The van der Waals surface area contributed by atoms with Crippen molar-refractivity contribution in [2.75, 3.05) is 19.6 Å². The molecular weight excluding hydrogens is 169 g/mol. The number of halogens is 3. The first-order chi connectivity index (χ1) is 5.55. The van der Waals surface area contributed by atoms with E-state index < -0.39 is 18.0 Å². The summed E-state index contributed by atoms with van der Waals surface area (Å²) in [5.41, 5.74) is 5.26. The summed E-state index contributed by atoms with van der Waals surface area (Å²) in [6, 6.07) is 0. The Hall–Kier alpha value is -0.290. The quantitative estimate of drug-likeness (QED) is 0.627. The maximum Gasteiger partial charge on any atom is 0.393 e. The zero-order valence-corrected chi connectivity index (χ0v) is 6.69. The van der Waals surface area contributed by atoms with Crippen LogP contribution in [0.15, 0.2) is 0 Å². The Labute approximate surface area is 69.3 Å². The van der Waals surface area contributed by atoms with Gasteiger partial charge in [0.15, 0.2) is 0 Å². The highest BCUT2D eigenvalue weighted by Crippen LogP contribution is 2.34. The minimum Gasteiger partial charge on any atom is -0.330 e. The molecule has 2 atom stereocenters. The standard InChI is InChI=1S/C7H13F3N2/c8-7(9,10)6-4-12-2-1-5(6)3-11/h5-6,12H,1-4,11H2. The largest absolute Gasteiger partial charge is 0.393 e. The number of nitrogens with one attached hydrogen (secondary N) is 1. The van der Waals surface area contributed by atoms with Gasteiger partial charge in [0.05, 0.1) is 5.92 Å². The van der Waals surface area contributed by atoms with E-state index in [0.29, 0.717) is 13.0 Å². The lowest BCUT2D eigenvalue weighted by Gasteiger charge is -2.32. The Kier molecular flexibility index (Phi) is 2.95. The van der Waals surface area contributed by atoms with E-state index in [1.807, 2.05) is 0 Å². The minimum absolute atomic E-state index is 0.0192. The van der Waals surface area contributed by atoms with Crippen LogP contribution in [0, 0.1) is 11.8 Å². The van der Waals surface area contributed by atoms with Gasteiger partial charge in [0.25, 0.3) is 0 Å². The topological polar surface area (TPSA) is 38.0 Å². The van der Waals surface area contributed by atoms with E-state index in [2.05, 4.69) is 5.32 Å². The summed E-state index contributed by atoms with van der Waals surface area (Å²) in [4.78, 5) is 0. The van der Waals surface area contributed by atoms with Gasteiger partial charge in [0.2, 0.25) is 0 Å². The summed E-state index contributed by atoms with van der Waals surface area (Å²) < 4.78 is 36.8. The van der Waals surface area contributed by atoms with Gasteiger partial charge in [-0.2, -0.15) is 13.2 Å². The molecule has 72 valence electrons. The third-order valence-corrected chi connectivity index (χ3v) is 2.35. The zero-order chi connectivity index (χ0) is 9.19. The molecule has 1 aliphatic heterocycles. The van der Waals surface area contributed by atoms with Crippen molar-refractivity contribution in [2.45, 2.75) is 12.6 Å². The zero-order valence-electron chi connectivity index (χ0n) is 6.69. The molecule has 2 nitrogen and oxygen atoms in total. The average molecular weight is 182 g/mol. The molecule has 0 saturated carbocycles. The lowest BCUT2D eigenvalue weighted by atomic mass is 9.86. The Morgan fingerprint density at radius 1 is 1.42 bits per heavy atom. The first-order valence-corrected chi connectivity index (χ1v) is 4.03. The summed E-state index contributed by atoms with van der Waals surface area (Å²) in [6.45, 7) is 0.797. The average Bonchev–Trinajstić information content (AvgIpc) is 2.03. The van der Waals surface area contributed by atoms with Gasteiger partial charge in [-0.25, -0.2) is 0 Å². The number of alkyl halides is 3. The van der Waals surface area contributed by atoms with Crippen molar-refractivity contribution in [2.24, 2.45) is 17.6 Å². The molecule has 1 rings (SSSR count). The Bertz CT molecular complexity index is 146. The SMILES string of the molecule is NCC1CCNCC1C(F)(F)F. The van der Waals surface area contributed by atoms with Crippen molar-refractivity contribution in [3.63, 3.8) is 0 Å². The third-order valence-electron chi connectivity index (χ3n) is 2.35. The van der Waals surface area contributed by atoms with E-state index in [-0.39, 0.29) is 13.1 Å². The first-order valence-electron chi connectivity index (χ1n) is 4.03. The van der Waals surface area contributed by atoms with Crippen LogP contribution in [0.3, 0.4) is 0 Å². The second kappa shape index (κ2) is 3.62. The van der Waals surface area contributed by atoms with E-state index in [1.165, 1.54) is 0 Å². The van der Waals surface area contributed by atoms with Gasteiger partial charge >= 0.3 is 6.18 Å². The molecule has 1 fully saturated rings. The molecule has 0 aromatic rings. The molecule has 1 saturated heterocycles. The van der Waals surface area contributed by atoms with E-state index >= 15 is 0 Å². The fourth-order valence-corrected chi connectivity index (χ4v) is 1.58. The molecular formula is C7H13F3N2. The molecule has 0 amide bonds. The van der Waals surface area contributed by atoms with Gasteiger partial charge in [0, 0.05) is 6.54 Å². The van der Waals surface area contributed by atoms with Gasteiger partial charge in [0.1, 0.15) is 0 Å². The second-order valence-electron chi connectivity index (χ2n) is 3.14. The second-order valence-corrected chi connectivity index (χ2v) is 3.14. The van der Waals surface area contributed by atoms with Crippen LogP contribution in [-0.2, 0) is 0 Å². The summed E-state index contributed by atoms with van der Waals surface area (Å²) in [5.74, 6) is -1.65. The van der Waals surface area contributed by atoms with E-state index in [1.54, 1.807) is 0 Å². The van der Waals surface area contributed by atoms with Gasteiger partial charge in [-0.1, -0.05) is 0 Å². The number of piperidine rings is 1. The van der Waals surface area contributed by atoms with Crippen molar-refractivity contribution in [3.8, 4) is 0 Å². The molecule has 0 radical (unpaired) electrons. The molecule has 0 bridgehead atoms. The fraction of sp³-hybridized carbons (Fsp3) is 1.00. The molecule has 2 unspecified atom stereocenters.